The van der Waals surface area contributed by atoms with Crippen molar-refractivity contribution in [2.24, 2.45) is 5.92 Å². The Bertz CT molecular complexity index is 555. The number of carbonyl (C=O) groups excluding carboxylic acids is 1. The number of carbonyl (C=O) groups is 1. The number of H-pyrrole nitrogens is 1. The molecule has 0 saturated carbocycles. The number of hydrogen-bond donors (Lipinski definition) is 2. The van der Waals surface area contributed by atoms with Crippen LogP contribution in [0.15, 0.2) is 10.9 Å². The molecule has 6 nitrogen and oxygen atoms in total. The van der Waals surface area contributed by atoms with E-state index in [1.807, 2.05) is 0 Å². The average molecular weight is 306 g/mol. The summed E-state index contributed by atoms with van der Waals surface area (Å²) in [5.74, 6) is 1.34. The fourth-order valence-corrected chi connectivity index (χ4v) is 3.03. The first-order valence-electron chi connectivity index (χ1n) is 8.05. The second-order valence-corrected chi connectivity index (χ2v) is 6.23. The molecule has 0 radical (unpaired) electrons. The fraction of sp³-hybridized carbons (Fsp3) is 0.688. The summed E-state index contributed by atoms with van der Waals surface area (Å²) in [5.41, 5.74) is 0.575. The Morgan fingerprint density at radius 1 is 1.55 bits per heavy atom. The van der Waals surface area contributed by atoms with E-state index in [4.69, 9.17) is 0 Å². The van der Waals surface area contributed by atoms with E-state index in [0.29, 0.717) is 31.1 Å². The van der Waals surface area contributed by atoms with E-state index in [-0.39, 0.29) is 11.5 Å². The van der Waals surface area contributed by atoms with Gasteiger partial charge in [-0.25, -0.2) is 4.98 Å². The molecule has 0 spiro atoms. The normalized spacial score (nSPS) is 19.1. The van der Waals surface area contributed by atoms with Crippen LogP contribution in [0.4, 0.5) is 0 Å². The van der Waals surface area contributed by atoms with Gasteiger partial charge in [-0.3, -0.25) is 9.59 Å². The molecule has 0 unspecified atom stereocenters. The number of aryl methyl sites for hydroxylation is 1. The lowest BCUT2D eigenvalue weighted by Crippen LogP contribution is -2.33. The summed E-state index contributed by atoms with van der Waals surface area (Å²) < 4.78 is 0. The van der Waals surface area contributed by atoms with Gasteiger partial charge >= 0.3 is 0 Å². The number of hydrogen-bond acceptors (Lipinski definition) is 4. The van der Waals surface area contributed by atoms with Gasteiger partial charge in [0.1, 0.15) is 5.82 Å². The van der Waals surface area contributed by atoms with E-state index in [9.17, 15) is 9.59 Å². The third kappa shape index (κ3) is 5.60. The molecule has 122 valence electrons. The highest BCUT2D eigenvalue weighted by Gasteiger charge is 2.17. The van der Waals surface area contributed by atoms with E-state index in [1.54, 1.807) is 6.92 Å². The largest absolute Gasteiger partial charge is 0.356 e. The zero-order chi connectivity index (χ0) is 15.9. The molecule has 6 heteroatoms. The molecule has 2 rings (SSSR count). The maximum Gasteiger partial charge on any atom is 0.251 e. The van der Waals surface area contributed by atoms with Gasteiger partial charge in [-0.05, 0) is 45.7 Å². The van der Waals surface area contributed by atoms with Gasteiger partial charge < -0.3 is 15.2 Å². The molecule has 1 aromatic heterocycles. The van der Waals surface area contributed by atoms with Crippen LogP contribution < -0.4 is 10.9 Å². The van der Waals surface area contributed by atoms with Gasteiger partial charge in [0.25, 0.3) is 5.56 Å². The van der Waals surface area contributed by atoms with Crippen LogP contribution in [0, 0.1) is 12.8 Å². The number of nitrogens with one attached hydrogen (secondary N) is 2. The smallest absolute Gasteiger partial charge is 0.251 e. The summed E-state index contributed by atoms with van der Waals surface area (Å²) in [6.07, 6.45) is 4.59. The van der Waals surface area contributed by atoms with Crippen LogP contribution in [0.25, 0.3) is 0 Å². The van der Waals surface area contributed by atoms with Crippen LogP contribution in [-0.2, 0) is 11.2 Å². The Balaban J connectivity index is 1.66. The van der Waals surface area contributed by atoms with E-state index < -0.39 is 0 Å². The molecule has 0 aromatic carbocycles. The van der Waals surface area contributed by atoms with Crippen molar-refractivity contribution in [1.82, 2.24) is 20.2 Å². The number of aromatic amines is 1. The highest BCUT2D eigenvalue weighted by Crippen LogP contribution is 2.19. The zero-order valence-electron chi connectivity index (χ0n) is 13.5. The minimum Gasteiger partial charge on any atom is -0.356 e. The second kappa shape index (κ2) is 8.08. The van der Waals surface area contributed by atoms with Gasteiger partial charge in [-0.15, -0.1) is 0 Å². The molecule has 0 aliphatic carbocycles. The van der Waals surface area contributed by atoms with Crippen LogP contribution in [0.3, 0.4) is 0 Å². The quantitative estimate of drug-likeness (QED) is 0.817. The summed E-state index contributed by atoms with van der Waals surface area (Å²) in [4.78, 5) is 32.4. The van der Waals surface area contributed by atoms with Gasteiger partial charge in [-0.1, -0.05) is 0 Å². The van der Waals surface area contributed by atoms with Crippen LogP contribution in [-0.4, -0.2) is 47.5 Å². The van der Waals surface area contributed by atoms with Crippen molar-refractivity contribution in [2.45, 2.75) is 39.0 Å². The van der Waals surface area contributed by atoms with Crippen molar-refractivity contribution in [2.75, 3.05) is 26.7 Å². The molecule has 1 fully saturated rings. The van der Waals surface area contributed by atoms with Gasteiger partial charge in [0, 0.05) is 37.7 Å². The van der Waals surface area contributed by atoms with Crippen molar-refractivity contribution in [3.05, 3.63) is 27.9 Å². The highest BCUT2D eigenvalue weighted by molar-refractivity contribution is 5.75. The van der Waals surface area contributed by atoms with Crippen LogP contribution in [0.2, 0.25) is 0 Å². The minimum absolute atomic E-state index is 0.0924. The minimum atomic E-state index is -0.143. The van der Waals surface area contributed by atoms with Crippen LogP contribution in [0.5, 0.6) is 0 Å². The monoisotopic (exact) mass is 306 g/mol. The standard InChI is InChI=1S/C16H26N4O2/c1-12-18-14(10-16(22)19-12)7-8-17-15(21)6-5-13-4-3-9-20(2)11-13/h10,13H,3-9,11H2,1-2H3,(H,17,21)(H,18,19,22)/t13-/m0/s1. The Morgan fingerprint density at radius 3 is 3.09 bits per heavy atom. The summed E-state index contributed by atoms with van der Waals surface area (Å²) in [5, 5.41) is 2.92. The maximum absolute atomic E-state index is 11.9. The van der Waals surface area contributed by atoms with Crippen molar-refractivity contribution in [3.63, 3.8) is 0 Å². The maximum atomic E-state index is 11.9. The number of aromatic nitrogens is 2. The third-order valence-corrected chi connectivity index (χ3v) is 4.12. The number of rotatable bonds is 6. The Kier molecular flexibility index (Phi) is 6.12. The number of piperidine rings is 1. The van der Waals surface area contributed by atoms with Crippen molar-refractivity contribution < 1.29 is 4.79 Å². The molecule has 1 aromatic rings. The summed E-state index contributed by atoms with van der Waals surface area (Å²) in [6, 6.07) is 1.48. The molecule has 1 amide bonds. The lowest BCUT2D eigenvalue weighted by atomic mass is 9.93. The lowest BCUT2D eigenvalue weighted by molar-refractivity contribution is -0.121. The Labute approximate surface area is 131 Å². The average Bonchev–Trinajstić information content (AvgIpc) is 2.44. The molecule has 2 N–H and O–H groups in total. The van der Waals surface area contributed by atoms with Gasteiger partial charge in [0.05, 0.1) is 0 Å². The van der Waals surface area contributed by atoms with E-state index in [0.717, 1.165) is 18.7 Å². The zero-order valence-corrected chi connectivity index (χ0v) is 13.5. The molecule has 1 aliphatic rings. The SMILES string of the molecule is Cc1nc(CCNC(=O)CC[C@@H]2CCCN(C)C2)cc(=O)[nH]1. The number of amides is 1. The molecule has 22 heavy (non-hydrogen) atoms. The molecule has 0 bridgehead atoms. The van der Waals surface area contributed by atoms with Crippen molar-refractivity contribution in [3.8, 4) is 0 Å². The Morgan fingerprint density at radius 2 is 2.36 bits per heavy atom. The first-order chi connectivity index (χ1) is 10.5. The molecule has 1 saturated heterocycles. The lowest BCUT2D eigenvalue weighted by Gasteiger charge is -2.29. The third-order valence-electron chi connectivity index (χ3n) is 4.12. The molecular formula is C16H26N4O2. The van der Waals surface area contributed by atoms with Crippen molar-refractivity contribution in [1.29, 1.82) is 0 Å². The number of likely N-dealkylation sites (tertiary alicyclic amines) is 1. The van der Waals surface area contributed by atoms with Gasteiger partial charge in [-0.2, -0.15) is 0 Å². The Hall–Kier alpha value is -1.69. The first kappa shape index (κ1) is 16.7. The second-order valence-electron chi connectivity index (χ2n) is 6.23. The predicted octanol–water partition coefficient (Wildman–Crippen LogP) is 0.859. The van der Waals surface area contributed by atoms with Crippen LogP contribution in [0.1, 0.15) is 37.2 Å². The van der Waals surface area contributed by atoms with Crippen LogP contribution >= 0.6 is 0 Å². The summed E-state index contributed by atoms with van der Waals surface area (Å²) in [6.45, 7) is 4.55. The molecular weight excluding hydrogens is 280 g/mol. The summed E-state index contributed by atoms with van der Waals surface area (Å²) >= 11 is 0. The molecule has 2 heterocycles. The van der Waals surface area contributed by atoms with E-state index >= 15 is 0 Å². The molecule has 1 atom stereocenters. The van der Waals surface area contributed by atoms with E-state index in [1.165, 1.54) is 25.5 Å². The molecule has 1 aliphatic heterocycles. The predicted molar refractivity (Wildman–Crippen MR) is 85.8 cm³/mol. The number of nitrogens with zero attached hydrogens (tertiary/aromatic N) is 2. The topological polar surface area (TPSA) is 78.1 Å². The fourth-order valence-electron chi connectivity index (χ4n) is 3.03. The van der Waals surface area contributed by atoms with Crippen molar-refractivity contribution >= 4 is 5.91 Å². The van der Waals surface area contributed by atoms with E-state index in [2.05, 4.69) is 27.2 Å². The van der Waals surface area contributed by atoms with Gasteiger partial charge in [0.15, 0.2) is 0 Å². The highest BCUT2D eigenvalue weighted by atomic mass is 16.1. The van der Waals surface area contributed by atoms with Gasteiger partial charge in [0.2, 0.25) is 5.91 Å². The summed E-state index contributed by atoms with van der Waals surface area (Å²) in [7, 11) is 2.14. The first-order valence-corrected chi connectivity index (χ1v) is 8.05.